The van der Waals surface area contributed by atoms with Gasteiger partial charge in [0, 0.05) is 12.2 Å². The predicted molar refractivity (Wildman–Crippen MR) is 98.9 cm³/mol. The highest BCUT2D eigenvalue weighted by atomic mass is 19.1. The summed E-state index contributed by atoms with van der Waals surface area (Å²) in [4.78, 5) is 34.9. The molecule has 3 N–H and O–H groups in total. The van der Waals surface area contributed by atoms with Crippen molar-refractivity contribution in [2.75, 3.05) is 0 Å². The molecular weight excluding hydrogens is 367 g/mol. The number of ketones is 1. The van der Waals surface area contributed by atoms with E-state index in [1.165, 1.54) is 6.07 Å². The van der Waals surface area contributed by atoms with Crippen molar-refractivity contribution in [3.05, 3.63) is 65.4 Å². The normalized spacial score (nSPS) is 11.9. The number of primary amides is 1. The zero-order valence-electron chi connectivity index (χ0n) is 14.9. The Labute approximate surface area is 159 Å². The molecule has 0 spiro atoms. The molecule has 0 fully saturated rings. The Balaban J connectivity index is 2.25. The van der Waals surface area contributed by atoms with E-state index in [1.807, 2.05) is 30.3 Å². The van der Waals surface area contributed by atoms with Crippen molar-refractivity contribution in [2.24, 2.45) is 5.73 Å². The van der Waals surface area contributed by atoms with Gasteiger partial charge in [-0.1, -0.05) is 36.4 Å². The average Bonchev–Trinajstić information content (AvgIpc) is 2.94. The van der Waals surface area contributed by atoms with E-state index in [2.05, 4.69) is 0 Å². The van der Waals surface area contributed by atoms with Crippen LogP contribution in [0, 0.1) is 6.92 Å². The van der Waals surface area contributed by atoms with Gasteiger partial charge in [0.15, 0.2) is 0 Å². The predicted octanol–water partition coefficient (Wildman–Crippen LogP) is 2.43. The number of benzene rings is 2. The molecule has 3 rings (SSSR count). The summed E-state index contributed by atoms with van der Waals surface area (Å²) in [6, 6.07) is 13.9. The van der Waals surface area contributed by atoms with Crippen molar-refractivity contribution in [3.63, 3.8) is 0 Å². The molecule has 0 bridgehead atoms. The first-order valence-corrected chi connectivity index (χ1v) is 8.34. The molecule has 0 aliphatic rings. The van der Waals surface area contributed by atoms with Crippen molar-refractivity contribution in [1.82, 2.24) is 4.57 Å². The van der Waals surface area contributed by atoms with E-state index in [9.17, 15) is 18.8 Å². The quantitative estimate of drug-likeness (QED) is 0.480. The van der Waals surface area contributed by atoms with Gasteiger partial charge in [-0.05, 0) is 24.6 Å². The number of carboxylic acid groups (broad SMARTS) is 1. The molecule has 2 aromatic carbocycles. The fraction of sp³-hybridized carbons (Fsp3) is 0.150. The van der Waals surface area contributed by atoms with E-state index in [1.54, 1.807) is 23.6 Å². The topological polar surface area (TPSA) is 112 Å². The molecule has 1 atom stereocenters. The number of halogens is 1. The molecule has 1 amide bonds. The number of nitrogens with zero attached hydrogens (tertiary/aromatic N) is 1. The van der Waals surface area contributed by atoms with Crippen molar-refractivity contribution < 1.29 is 28.6 Å². The summed E-state index contributed by atoms with van der Waals surface area (Å²) < 4.78 is 20.3. The lowest BCUT2D eigenvalue weighted by Gasteiger charge is -2.10. The smallest absolute Gasteiger partial charge is 0.378 e. The second-order valence-electron chi connectivity index (χ2n) is 6.15. The van der Waals surface area contributed by atoms with E-state index in [0.717, 1.165) is 5.56 Å². The van der Waals surface area contributed by atoms with Crippen molar-refractivity contribution >= 4 is 28.6 Å². The van der Waals surface area contributed by atoms with Crippen molar-refractivity contribution in [1.29, 1.82) is 0 Å². The first-order chi connectivity index (χ1) is 13.3. The molecule has 7 nitrogen and oxygen atoms in total. The number of nitrogens with two attached hydrogens (primary N) is 1. The molecule has 144 valence electrons. The highest BCUT2D eigenvalue weighted by Crippen LogP contribution is 2.35. The number of aromatic nitrogens is 1. The van der Waals surface area contributed by atoms with Gasteiger partial charge in [0.05, 0.1) is 16.5 Å². The maximum absolute atomic E-state index is 13.7. The van der Waals surface area contributed by atoms with Crippen LogP contribution in [0.3, 0.4) is 0 Å². The summed E-state index contributed by atoms with van der Waals surface area (Å²) >= 11 is 0. The number of fused-ring (bicyclic) bond motifs is 1. The number of aliphatic carboxylic acids is 1. The van der Waals surface area contributed by atoms with Crippen LogP contribution in [0.5, 0.6) is 5.75 Å². The molecule has 0 saturated carbocycles. The number of Topliss-reactive ketones (excluding diaryl/α,β-unsaturated/α-hetero) is 1. The van der Waals surface area contributed by atoms with Crippen LogP contribution >= 0.6 is 0 Å². The largest absolute Gasteiger partial charge is 0.476 e. The van der Waals surface area contributed by atoms with Crippen LogP contribution in [0.1, 0.15) is 21.6 Å². The Bertz CT molecular complexity index is 1080. The van der Waals surface area contributed by atoms with Gasteiger partial charge in [0.1, 0.15) is 5.75 Å². The van der Waals surface area contributed by atoms with Gasteiger partial charge in [-0.25, -0.2) is 4.79 Å². The third-order valence-electron chi connectivity index (χ3n) is 4.37. The maximum atomic E-state index is 13.7. The number of carboxylic acids is 1. The van der Waals surface area contributed by atoms with Crippen LogP contribution in [0.2, 0.25) is 0 Å². The minimum absolute atomic E-state index is 0.0355. The van der Waals surface area contributed by atoms with Gasteiger partial charge in [-0.15, -0.1) is 0 Å². The minimum atomic E-state index is -2.63. The average molecular weight is 384 g/mol. The molecule has 0 aliphatic heterocycles. The lowest BCUT2D eigenvalue weighted by molar-refractivity contribution is -0.153. The van der Waals surface area contributed by atoms with Gasteiger partial charge < -0.3 is 20.1 Å². The standard InChI is InChI=1S/C20H17FN2O5/c1-11-15(17(24)19(22)25)16-13(23(11)10-12-6-3-2-4-7-12)8-5-9-14(16)28-18(21)20(26)27/h2-9,18H,10H2,1H3,(H2,22,25)(H,26,27). The number of rotatable bonds is 7. The van der Waals surface area contributed by atoms with Crippen LogP contribution in [-0.2, 0) is 16.1 Å². The van der Waals surface area contributed by atoms with E-state index < -0.39 is 24.0 Å². The summed E-state index contributed by atoms with van der Waals surface area (Å²) in [5.74, 6) is -4.10. The van der Waals surface area contributed by atoms with E-state index >= 15 is 0 Å². The van der Waals surface area contributed by atoms with Crippen LogP contribution < -0.4 is 10.5 Å². The molecular formula is C20H17FN2O5. The van der Waals surface area contributed by atoms with Gasteiger partial charge in [0.2, 0.25) is 0 Å². The zero-order chi connectivity index (χ0) is 20.4. The molecule has 1 heterocycles. The summed E-state index contributed by atoms with van der Waals surface area (Å²) in [7, 11) is 0. The van der Waals surface area contributed by atoms with Gasteiger partial charge in [-0.2, -0.15) is 4.39 Å². The summed E-state index contributed by atoms with van der Waals surface area (Å²) in [6.07, 6.45) is -2.63. The Morgan fingerprint density at radius 1 is 1.14 bits per heavy atom. The third kappa shape index (κ3) is 3.44. The molecule has 0 radical (unpaired) electrons. The summed E-state index contributed by atoms with van der Waals surface area (Å²) in [6.45, 7) is 2.00. The van der Waals surface area contributed by atoms with Gasteiger partial charge >= 0.3 is 12.3 Å². The Morgan fingerprint density at radius 3 is 2.43 bits per heavy atom. The number of ether oxygens (including phenoxy) is 1. The Morgan fingerprint density at radius 2 is 1.82 bits per heavy atom. The molecule has 28 heavy (non-hydrogen) atoms. The van der Waals surface area contributed by atoms with Crippen molar-refractivity contribution in [3.8, 4) is 5.75 Å². The number of alkyl halides is 1. The van der Waals surface area contributed by atoms with Crippen LogP contribution in [0.25, 0.3) is 10.9 Å². The van der Waals surface area contributed by atoms with Crippen LogP contribution in [0.15, 0.2) is 48.5 Å². The second-order valence-corrected chi connectivity index (χ2v) is 6.15. The SMILES string of the molecule is Cc1c(C(=O)C(N)=O)c2c(OC(F)C(=O)O)cccc2n1Cc1ccccc1. The first-order valence-electron chi connectivity index (χ1n) is 8.34. The minimum Gasteiger partial charge on any atom is -0.476 e. The number of carbonyl (C=O) groups excluding carboxylic acids is 2. The zero-order valence-corrected chi connectivity index (χ0v) is 14.9. The van der Waals surface area contributed by atoms with Gasteiger partial charge in [-0.3, -0.25) is 9.59 Å². The summed E-state index contributed by atoms with van der Waals surface area (Å²) in [5.41, 5.74) is 7.00. The molecule has 0 saturated heterocycles. The fourth-order valence-electron chi connectivity index (χ4n) is 3.12. The lowest BCUT2D eigenvalue weighted by Crippen LogP contribution is -2.24. The molecule has 8 heteroatoms. The van der Waals surface area contributed by atoms with Crippen molar-refractivity contribution in [2.45, 2.75) is 19.8 Å². The summed E-state index contributed by atoms with van der Waals surface area (Å²) in [5, 5.41) is 8.93. The van der Waals surface area contributed by atoms with Gasteiger partial charge in [0.25, 0.3) is 11.7 Å². The third-order valence-corrected chi connectivity index (χ3v) is 4.37. The van der Waals surface area contributed by atoms with Crippen LogP contribution in [-0.4, -0.2) is 33.7 Å². The first kappa shape index (κ1) is 19.1. The van der Waals surface area contributed by atoms with E-state index in [4.69, 9.17) is 15.6 Å². The maximum Gasteiger partial charge on any atom is 0.378 e. The van der Waals surface area contributed by atoms with E-state index in [-0.39, 0.29) is 16.7 Å². The number of amides is 1. The number of hydrogen-bond acceptors (Lipinski definition) is 4. The molecule has 3 aromatic rings. The Hall–Kier alpha value is -3.68. The second kappa shape index (κ2) is 7.51. The Kier molecular flexibility index (Phi) is 5.12. The molecule has 1 aromatic heterocycles. The highest BCUT2D eigenvalue weighted by molar-refractivity contribution is 6.45. The molecule has 0 aliphatic carbocycles. The highest BCUT2D eigenvalue weighted by Gasteiger charge is 2.28. The number of carbonyl (C=O) groups is 3. The van der Waals surface area contributed by atoms with E-state index in [0.29, 0.717) is 17.8 Å². The van der Waals surface area contributed by atoms with Crippen LogP contribution in [0.4, 0.5) is 4.39 Å². The molecule has 1 unspecified atom stereocenters. The number of hydrogen-bond donors (Lipinski definition) is 2. The fourth-order valence-corrected chi connectivity index (χ4v) is 3.12. The monoisotopic (exact) mass is 384 g/mol. The lowest BCUT2D eigenvalue weighted by atomic mass is 10.1.